The molecule has 5 nitrogen and oxygen atoms in total. The van der Waals surface area contributed by atoms with Crippen LogP contribution in [-0.4, -0.2) is 40.7 Å². The minimum atomic E-state index is 0.477. The van der Waals surface area contributed by atoms with Crippen LogP contribution in [0.5, 0.6) is 0 Å². The highest BCUT2D eigenvalue weighted by atomic mass is 35.5. The smallest absolute Gasteiger partial charge is 0.241 e. The molecule has 0 amide bonds. The summed E-state index contributed by atoms with van der Waals surface area (Å²) in [7, 11) is 0. The molecule has 106 valence electrons. The van der Waals surface area contributed by atoms with Gasteiger partial charge < -0.3 is 9.84 Å². The highest BCUT2D eigenvalue weighted by Gasteiger charge is 2.20. The van der Waals surface area contributed by atoms with Gasteiger partial charge in [-0.25, -0.2) is 0 Å². The van der Waals surface area contributed by atoms with Crippen LogP contribution in [0.15, 0.2) is 28.8 Å². The van der Waals surface area contributed by atoms with Gasteiger partial charge in [-0.15, -0.1) is 0 Å². The van der Waals surface area contributed by atoms with Gasteiger partial charge in [0, 0.05) is 36.3 Å². The third-order valence-electron chi connectivity index (χ3n) is 3.53. The summed E-state index contributed by atoms with van der Waals surface area (Å²) in [6.45, 7) is 5.88. The van der Waals surface area contributed by atoms with E-state index in [2.05, 4.69) is 27.3 Å². The Morgan fingerprint density at radius 2 is 2.40 bits per heavy atom. The summed E-state index contributed by atoms with van der Waals surface area (Å²) < 4.78 is 5.34. The fourth-order valence-corrected chi connectivity index (χ4v) is 2.55. The summed E-state index contributed by atoms with van der Waals surface area (Å²) in [5, 5.41) is 8.07. The van der Waals surface area contributed by atoms with Crippen molar-refractivity contribution in [1.82, 2.24) is 20.4 Å². The van der Waals surface area contributed by atoms with Crippen LogP contribution in [0.25, 0.3) is 11.4 Å². The van der Waals surface area contributed by atoms with Gasteiger partial charge in [-0.3, -0.25) is 4.90 Å². The molecule has 0 bridgehead atoms. The zero-order chi connectivity index (χ0) is 13.9. The molecule has 0 spiro atoms. The van der Waals surface area contributed by atoms with E-state index in [1.54, 1.807) is 0 Å². The molecular formula is C14H17ClN4O. The summed E-state index contributed by atoms with van der Waals surface area (Å²) in [5.74, 6) is 1.24. The number of halogens is 1. The largest absolute Gasteiger partial charge is 0.338 e. The minimum absolute atomic E-state index is 0.477. The van der Waals surface area contributed by atoms with Crippen LogP contribution in [-0.2, 0) is 6.54 Å². The molecule has 0 unspecified atom stereocenters. The third-order valence-corrected chi connectivity index (χ3v) is 3.76. The van der Waals surface area contributed by atoms with Crippen molar-refractivity contribution in [2.45, 2.75) is 19.5 Å². The number of nitrogens with zero attached hydrogens (tertiary/aromatic N) is 3. The van der Waals surface area contributed by atoms with E-state index in [0.29, 0.717) is 29.3 Å². The van der Waals surface area contributed by atoms with Gasteiger partial charge in [-0.2, -0.15) is 4.98 Å². The molecule has 6 heteroatoms. The van der Waals surface area contributed by atoms with Gasteiger partial charge in [0.1, 0.15) is 0 Å². The molecule has 1 saturated heterocycles. The van der Waals surface area contributed by atoms with Crippen molar-refractivity contribution in [2.75, 3.05) is 19.6 Å². The first-order chi connectivity index (χ1) is 9.72. The van der Waals surface area contributed by atoms with Gasteiger partial charge in [0.2, 0.25) is 11.7 Å². The summed E-state index contributed by atoms with van der Waals surface area (Å²) in [4.78, 5) is 6.79. The SMILES string of the molecule is C[C@@H]1CNCCN1Cc1nc(-c2cccc(Cl)c2)no1. The molecule has 2 aromatic rings. The molecule has 0 saturated carbocycles. The molecule has 1 aliphatic heterocycles. The van der Waals surface area contributed by atoms with Crippen LogP contribution < -0.4 is 5.32 Å². The van der Waals surface area contributed by atoms with Gasteiger partial charge in [0.15, 0.2) is 0 Å². The van der Waals surface area contributed by atoms with Gasteiger partial charge in [-0.05, 0) is 19.1 Å². The standard InChI is InChI=1S/C14H17ClN4O/c1-10-8-16-5-6-19(10)9-13-17-14(18-20-13)11-3-2-4-12(15)7-11/h2-4,7,10,16H,5-6,8-9H2,1H3/t10-/m1/s1. The number of rotatable bonds is 3. The fraction of sp³-hybridized carbons (Fsp3) is 0.429. The van der Waals surface area contributed by atoms with Gasteiger partial charge in [0.05, 0.1) is 6.54 Å². The maximum absolute atomic E-state index is 5.97. The predicted octanol–water partition coefficient (Wildman–Crippen LogP) is 2.18. The summed E-state index contributed by atoms with van der Waals surface area (Å²) in [6, 6.07) is 7.95. The maximum Gasteiger partial charge on any atom is 0.241 e. The lowest BCUT2D eigenvalue weighted by atomic mass is 10.2. The predicted molar refractivity (Wildman–Crippen MR) is 77.5 cm³/mol. The lowest BCUT2D eigenvalue weighted by Crippen LogP contribution is -2.49. The van der Waals surface area contributed by atoms with Gasteiger partial charge in [-0.1, -0.05) is 28.9 Å². The van der Waals surface area contributed by atoms with Crippen LogP contribution in [0, 0.1) is 0 Å². The van der Waals surface area contributed by atoms with Crippen LogP contribution in [0.2, 0.25) is 5.02 Å². The Kier molecular flexibility index (Phi) is 4.00. The Labute approximate surface area is 122 Å². The molecule has 1 atom stereocenters. The average molecular weight is 293 g/mol. The number of nitrogens with one attached hydrogen (secondary N) is 1. The Balaban J connectivity index is 1.73. The fourth-order valence-electron chi connectivity index (χ4n) is 2.36. The lowest BCUT2D eigenvalue weighted by molar-refractivity contribution is 0.146. The van der Waals surface area contributed by atoms with Crippen molar-refractivity contribution in [3.05, 3.63) is 35.2 Å². The van der Waals surface area contributed by atoms with Crippen molar-refractivity contribution >= 4 is 11.6 Å². The highest BCUT2D eigenvalue weighted by molar-refractivity contribution is 6.30. The minimum Gasteiger partial charge on any atom is -0.338 e. The van der Waals surface area contributed by atoms with Crippen molar-refractivity contribution < 1.29 is 4.52 Å². The molecular weight excluding hydrogens is 276 g/mol. The molecule has 0 aliphatic carbocycles. The van der Waals surface area contributed by atoms with E-state index < -0.39 is 0 Å². The van der Waals surface area contributed by atoms with E-state index in [4.69, 9.17) is 16.1 Å². The van der Waals surface area contributed by atoms with E-state index in [1.165, 1.54) is 0 Å². The van der Waals surface area contributed by atoms with Crippen LogP contribution in [0.3, 0.4) is 0 Å². The quantitative estimate of drug-likeness (QED) is 0.940. The van der Waals surface area contributed by atoms with E-state index in [1.807, 2.05) is 24.3 Å². The molecule has 1 fully saturated rings. The molecule has 3 rings (SSSR count). The normalized spacial score (nSPS) is 20.2. The number of hydrogen-bond acceptors (Lipinski definition) is 5. The van der Waals surface area contributed by atoms with E-state index in [9.17, 15) is 0 Å². The first-order valence-corrected chi connectivity index (χ1v) is 7.13. The van der Waals surface area contributed by atoms with Crippen molar-refractivity contribution in [2.24, 2.45) is 0 Å². The summed E-state index contributed by atoms with van der Waals surface area (Å²) >= 11 is 5.97. The first-order valence-electron chi connectivity index (χ1n) is 6.75. The number of piperazine rings is 1. The number of hydrogen-bond donors (Lipinski definition) is 1. The molecule has 1 aromatic carbocycles. The lowest BCUT2D eigenvalue weighted by Gasteiger charge is -2.32. The van der Waals surface area contributed by atoms with Crippen molar-refractivity contribution in [1.29, 1.82) is 0 Å². The van der Waals surface area contributed by atoms with E-state index in [0.717, 1.165) is 25.2 Å². The van der Waals surface area contributed by atoms with Gasteiger partial charge in [0.25, 0.3) is 0 Å². The Morgan fingerprint density at radius 1 is 1.50 bits per heavy atom. The number of aromatic nitrogens is 2. The summed E-state index contributed by atoms with van der Waals surface area (Å²) in [5.41, 5.74) is 0.876. The molecule has 1 N–H and O–H groups in total. The summed E-state index contributed by atoms with van der Waals surface area (Å²) in [6.07, 6.45) is 0. The Bertz CT molecular complexity index is 586. The molecule has 0 radical (unpaired) electrons. The highest BCUT2D eigenvalue weighted by Crippen LogP contribution is 2.20. The molecule has 2 heterocycles. The van der Waals surface area contributed by atoms with Crippen molar-refractivity contribution in [3.8, 4) is 11.4 Å². The molecule has 1 aliphatic rings. The first kappa shape index (κ1) is 13.5. The topological polar surface area (TPSA) is 54.2 Å². The second-order valence-electron chi connectivity index (χ2n) is 5.05. The van der Waals surface area contributed by atoms with Crippen LogP contribution in [0.4, 0.5) is 0 Å². The van der Waals surface area contributed by atoms with E-state index in [-0.39, 0.29) is 0 Å². The molecule has 20 heavy (non-hydrogen) atoms. The monoisotopic (exact) mass is 292 g/mol. The van der Waals surface area contributed by atoms with Crippen molar-refractivity contribution in [3.63, 3.8) is 0 Å². The second kappa shape index (κ2) is 5.91. The van der Waals surface area contributed by atoms with Crippen LogP contribution in [0.1, 0.15) is 12.8 Å². The second-order valence-corrected chi connectivity index (χ2v) is 5.48. The average Bonchev–Trinajstić information content (AvgIpc) is 2.90. The number of benzene rings is 1. The zero-order valence-corrected chi connectivity index (χ0v) is 12.1. The van der Waals surface area contributed by atoms with Crippen LogP contribution >= 0.6 is 11.6 Å². The maximum atomic E-state index is 5.97. The van der Waals surface area contributed by atoms with E-state index >= 15 is 0 Å². The van der Waals surface area contributed by atoms with Gasteiger partial charge >= 0.3 is 0 Å². The zero-order valence-electron chi connectivity index (χ0n) is 11.3. The molecule has 1 aromatic heterocycles. The Morgan fingerprint density at radius 3 is 3.20 bits per heavy atom. The Hall–Kier alpha value is -1.43. The third kappa shape index (κ3) is 3.00.